The Balaban J connectivity index is 1.83. The van der Waals surface area contributed by atoms with Crippen molar-refractivity contribution in [2.75, 3.05) is 0 Å². The number of ether oxygens (including phenoxy) is 1. The third-order valence-corrected chi connectivity index (χ3v) is 9.69. The molecule has 3 rings (SSSR count). The molecule has 0 saturated carbocycles. The van der Waals surface area contributed by atoms with E-state index >= 15 is 0 Å². The number of hydrogen-bond donors (Lipinski definition) is 6. The van der Waals surface area contributed by atoms with Gasteiger partial charge in [0.2, 0.25) is 0 Å². The molecule has 0 aliphatic carbocycles. The van der Waals surface area contributed by atoms with Gasteiger partial charge in [0.1, 0.15) is 18.4 Å². The van der Waals surface area contributed by atoms with Gasteiger partial charge in [0, 0.05) is 23.9 Å². The molecular weight excluding hydrogens is 465 g/mol. The van der Waals surface area contributed by atoms with Gasteiger partial charge in [-0.15, -0.1) is 0 Å². The van der Waals surface area contributed by atoms with E-state index in [9.17, 15) is 29.6 Å². The second-order valence-corrected chi connectivity index (χ2v) is 11.8. The highest BCUT2D eigenvalue weighted by molar-refractivity contribution is 7.54. The van der Waals surface area contributed by atoms with Gasteiger partial charge in [-0.2, -0.15) is 0 Å². The van der Waals surface area contributed by atoms with Gasteiger partial charge in [0.15, 0.2) is 11.6 Å². The largest absolute Gasteiger partial charge is 0.388 e. The molecule has 0 aromatic rings. The molecule has 0 spiro atoms. The van der Waals surface area contributed by atoms with Crippen LogP contribution < -0.4 is 10.6 Å². The molecule has 0 aromatic carbocycles. The minimum absolute atomic E-state index is 0.00948. The van der Waals surface area contributed by atoms with E-state index in [1.807, 2.05) is 13.8 Å². The molecule has 34 heavy (non-hydrogen) atoms. The minimum atomic E-state index is -4.46. The molecule has 2 amide bonds. The maximum Gasteiger partial charge on any atom is 0.359 e. The SMILES string of the molecule is CCC(CC)(CC1OC(N2C=C3C(C)=C(C)NC3NC2=O)C(O)C1O)OP(=O)(O)C(C)(O)CC. The topological polar surface area (TPSA) is 161 Å². The quantitative estimate of drug-likeness (QED) is 0.258. The summed E-state index contributed by atoms with van der Waals surface area (Å²) in [4.78, 5) is 24.5. The van der Waals surface area contributed by atoms with Gasteiger partial charge >= 0.3 is 13.6 Å². The number of fused-ring (bicyclic) bond motifs is 1. The Bertz CT molecular complexity index is 916. The van der Waals surface area contributed by atoms with Gasteiger partial charge in [-0.25, -0.2) is 4.79 Å². The Morgan fingerprint density at radius 2 is 1.76 bits per heavy atom. The number of aliphatic hydroxyl groups excluding tert-OH is 2. The summed E-state index contributed by atoms with van der Waals surface area (Å²) in [7, 11) is -4.46. The van der Waals surface area contributed by atoms with Gasteiger partial charge in [0.25, 0.3) is 0 Å². The molecule has 3 aliphatic rings. The highest BCUT2D eigenvalue weighted by Crippen LogP contribution is 2.59. The number of aliphatic hydroxyl groups is 3. The van der Waals surface area contributed by atoms with Crippen LogP contribution in [0.2, 0.25) is 0 Å². The predicted octanol–water partition coefficient (Wildman–Crippen LogP) is 1.83. The number of carbonyl (C=O) groups excluding carboxylic acids is 1. The van der Waals surface area contributed by atoms with Crippen molar-refractivity contribution in [1.29, 1.82) is 0 Å². The molecule has 6 N–H and O–H groups in total. The third kappa shape index (κ3) is 4.67. The van der Waals surface area contributed by atoms with Crippen molar-refractivity contribution >= 4 is 13.6 Å². The molecule has 3 aliphatic heterocycles. The molecular formula is C22H38N3O8P. The number of amides is 2. The van der Waals surface area contributed by atoms with Crippen LogP contribution in [0.1, 0.15) is 67.2 Å². The molecule has 7 unspecified atom stereocenters. The van der Waals surface area contributed by atoms with Crippen molar-refractivity contribution in [3.63, 3.8) is 0 Å². The fourth-order valence-electron chi connectivity index (χ4n) is 4.48. The monoisotopic (exact) mass is 503 g/mol. The van der Waals surface area contributed by atoms with Crippen LogP contribution in [0.3, 0.4) is 0 Å². The maximum absolute atomic E-state index is 12.9. The average Bonchev–Trinajstić information content (AvgIpc) is 3.21. The number of hydrogen-bond acceptors (Lipinski definition) is 8. The third-order valence-electron chi connectivity index (χ3n) is 7.52. The van der Waals surface area contributed by atoms with Crippen molar-refractivity contribution in [1.82, 2.24) is 15.5 Å². The van der Waals surface area contributed by atoms with Crippen molar-refractivity contribution in [2.24, 2.45) is 0 Å². The van der Waals surface area contributed by atoms with Gasteiger partial charge in [-0.05, 0) is 45.6 Å². The van der Waals surface area contributed by atoms with E-state index in [1.165, 1.54) is 11.8 Å². The fourth-order valence-corrected chi connectivity index (χ4v) is 5.93. The van der Waals surface area contributed by atoms with Gasteiger partial charge in [-0.1, -0.05) is 20.8 Å². The van der Waals surface area contributed by atoms with Crippen LogP contribution in [-0.4, -0.2) is 72.8 Å². The van der Waals surface area contributed by atoms with Gasteiger partial charge in [-0.3, -0.25) is 14.0 Å². The van der Waals surface area contributed by atoms with E-state index in [-0.39, 0.29) is 19.0 Å². The van der Waals surface area contributed by atoms with Crippen molar-refractivity contribution in [2.45, 2.75) is 109 Å². The van der Waals surface area contributed by atoms with Gasteiger partial charge in [0.05, 0.1) is 11.7 Å². The smallest absolute Gasteiger partial charge is 0.359 e. The summed E-state index contributed by atoms with van der Waals surface area (Å²) in [6.45, 7) is 10.2. The molecule has 12 heteroatoms. The molecule has 0 radical (unpaired) electrons. The second kappa shape index (κ2) is 9.54. The van der Waals surface area contributed by atoms with Crippen LogP contribution in [-0.2, 0) is 13.8 Å². The lowest BCUT2D eigenvalue weighted by molar-refractivity contribution is -0.0835. The summed E-state index contributed by atoms with van der Waals surface area (Å²) in [6, 6.07) is -0.493. The Hall–Kier alpha value is -1.46. The lowest BCUT2D eigenvalue weighted by atomic mass is 9.88. The zero-order chi connectivity index (χ0) is 25.6. The number of urea groups is 1. The van der Waals surface area contributed by atoms with Crippen LogP contribution in [0, 0.1) is 0 Å². The van der Waals surface area contributed by atoms with Crippen molar-refractivity contribution in [3.8, 4) is 0 Å². The molecule has 1 fully saturated rings. The van der Waals surface area contributed by atoms with Crippen molar-refractivity contribution < 1.29 is 38.8 Å². The van der Waals surface area contributed by atoms with Crippen molar-refractivity contribution in [3.05, 3.63) is 23.0 Å². The standard InChI is InChI=1S/C22H38N3O8P/c1-7-21(6,29)34(30,31)33-22(8-2,9-3)10-15-16(26)17(27)19(32-15)25-11-14-12(4)13(5)23-18(14)24-20(25)28/h11,15-19,23,26-27,29H,7-10H2,1-6H3,(H,24,28)(H,30,31). The Labute approximate surface area is 200 Å². The second-order valence-electron chi connectivity index (χ2n) is 9.59. The molecule has 194 valence electrons. The molecule has 0 bridgehead atoms. The lowest BCUT2D eigenvalue weighted by Crippen LogP contribution is -2.56. The van der Waals surface area contributed by atoms with E-state index in [0.717, 1.165) is 16.8 Å². The van der Waals surface area contributed by atoms with Crippen LogP contribution in [0.15, 0.2) is 23.0 Å². The molecule has 7 atom stereocenters. The fraction of sp³-hybridized carbons (Fsp3) is 0.773. The molecule has 1 saturated heterocycles. The van der Waals surface area contributed by atoms with Crippen LogP contribution >= 0.6 is 7.60 Å². The predicted molar refractivity (Wildman–Crippen MR) is 124 cm³/mol. The summed E-state index contributed by atoms with van der Waals surface area (Å²) in [6.07, 6.45) is -3.08. The summed E-state index contributed by atoms with van der Waals surface area (Å²) in [5.74, 6) is 0. The number of nitrogens with one attached hydrogen (secondary N) is 2. The first-order valence-electron chi connectivity index (χ1n) is 11.7. The summed E-state index contributed by atoms with van der Waals surface area (Å²) >= 11 is 0. The Kier molecular flexibility index (Phi) is 7.61. The van der Waals surface area contributed by atoms with E-state index in [2.05, 4.69) is 10.6 Å². The molecule has 0 aromatic heterocycles. The maximum atomic E-state index is 12.9. The summed E-state index contributed by atoms with van der Waals surface area (Å²) < 4.78 is 24.5. The first kappa shape index (κ1) is 27.1. The van der Waals surface area contributed by atoms with Crippen LogP contribution in [0.4, 0.5) is 4.79 Å². The Morgan fingerprint density at radius 1 is 1.15 bits per heavy atom. The number of allylic oxidation sites excluding steroid dienone is 1. The van der Waals surface area contributed by atoms with E-state index in [1.54, 1.807) is 27.0 Å². The normalized spacial score (nSPS) is 33.1. The number of rotatable bonds is 9. The zero-order valence-electron chi connectivity index (χ0n) is 20.6. The number of carbonyl (C=O) groups is 1. The first-order valence-corrected chi connectivity index (χ1v) is 13.3. The lowest BCUT2D eigenvalue weighted by Gasteiger charge is -2.39. The Morgan fingerprint density at radius 3 is 2.32 bits per heavy atom. The molecule has 3 heterocycles. The van der Waals surface area contributed by atoms with E-state index < -0.39 is 49.1 Å². The summed E-state index contributed by atoms with van der Waals surface area (Å²) in [5, 5.41) is 36.0. The number of nitrogens with zero attached hydrogens (tertiary/aromatic N) is 1. The highest BCUT2D eigenvalue weighted by atomic mass is 31.2. The highest BCUT2D eigenvalue weighted by Gasteiger charge is 2.53. The van der Waals surface area contributed by atoms with Crippen LogP contribution in [0.25, 0.3) is 0 Å². The van der Waals surface area contributed by atoms with Gasteiger partial charge < -0.3 is 35.6 Å². The van der Waals surface area contributed by atoms with Crippen LogP contribution in [0.5, 0.6) is 0 Å². The zero-order valence-corrected chi connectivity index (χ0v) is 21.5. The van der Waals surface area contributed by atoms with E-state index in [0.29, 0.717) is 12.8 Å². The minimum Gasteiger partial charge on any atom is -0.388 e. The molecule has 11 nitrogen and oxygen atoms in total. The first-order chi connectivity index (χ1) is 15.7. The van der Waals surface area contributed by atoms with E-state index in [4.69, 9.17) is 9.26 Å². The summed E-state index contributed by atoms with van der Waals surface area (Å²) in [5.41, 5.74) is 1.51. The average molecular weight is 504 g/mol.